The lowest BCUT2D eigenvalue weighted by Crippen LogP contribution is -2.28. The fourth-order valence-corrected chi connectivity index (χ4v) is 1.81. The number of hydrogen-bond donors (Lipinski definition) is 1. The van der Waals surface area contributed by atoms with Gasteiger partial charge in [0.05, 0.1) is 6.61 Å². The van der Waals surface area contributed by atoms with Crippen LogP contribution in [0.4, 0.5) is 0 Å². The molecule has 1 atom stereocenters. The number of aliphatic hydroxyl groups excluding tert-OH is 1. The Labute approximate surface area is 89.3 Å². The van der Waals surface area contributed by atoms with Crippen LogP contribution in [0.25, 0.3) is 0 Å². The van der Waals surface area contributed by atoms with Gasteiger partial charge in [0, 0.05) is 13.1 Å². The van der Waals surface area contributed by atoms with E-state index in [-0.39, 0.29) is 6.61 Å². The quantitative estimate of drug-likeness (QED) is 0.579. The molecule has 0 aliphatic carbocycles. The van der Waals surface area contributed by atoms with E-state index in [2.05, 4.69) is 25.8 Å². The van der Waals surface area contributed by atoms with Crippen LogP contribution in [0.1, 0.15) is 46.0 Å². The summed E-state index contributed by atoms with van der Waals surface area (Å²) in [4.78, 5) is 2.24. The minimum Gasteiger partial charge on any atom is -0.395 e. The maximum Gasteiger partial charge on any atom is 0.0558 e. The Balaban J connectivity index is 3.55. The molecule has 2 heteroatoms. The Kier molecular flexibility index (Phi) is 9.42. The topological polar surface area (TPSA) is 23.5 Å². The molecule has 0 rings (SSSR count). The van der Waals surface area contributed by atoms with Crippen LogP contribution >= 0.6 is 0 Å². The molecular formula is C12H27NO. The molecule has 0 aromatic heterocycles. The van der Waals surface area contributed by atoms with Gasteiger partial charge in [0.2, 0.25) is 0 Å². The molecule has 2 nitrogen and oxygen atoms in total. The number of rotatable bonds is 9. The van der Waals surface area contributed by atoms with Crippen molar-refractivity contribution < 1.29 is 5.11 Å². The van der Waals surface area contributed by atoms with Crippen molar-refractivity contribution in [3.63, 3.8) is 0 Å². The highest BCUT2D eigenvalue weighted by Crippen LogP contribution is 2.14. The first-order chi connectivity index (χ1) is 6.74. The van der Waals surface area contributed by atoms with Gasteiger partial charge in [-0.2, -0.15) is 0 Å². The summed E-state index contributed by atoms with van der Waals surface area (Å²) >= 11 is 0. The largest absolute Gasteiger partial charge is 0.395 e. The Bertz CT molecular complexity index is 117. The fourth-order valence-electron chi connectivity index (χ4n) is 1.81. The molecule has 0 radical (unpaired) electrons. The fraction of sp³-hybridized carbons (Fsp3) is 1.00. The molecule has 0 aliphatic heterocycles. The second-order valence-corrected chi connectivity index (χ2v) is 4.26. The summed E-state index contributed by atoms with van der Waals surface area (Å²) < 4.78 is 0. The molecule has 0 amide bonds. The van der Waals surface area contributed by atoms with Crippen molar-refractivity contribution in [2.75, 3.05) is 26.7 Å². The first kappa shape index (κ1) is 13.9. The van der Waals surface area contributed by atoms with Crippen molar-refractivity contribution in [3.8, 4) is 0 Å². The Morgan fingerprint density at radius 1 is 1.21 bits per heavy atom. The van der Waals surface area contributed by atoms with Crippen LogP contribution in [0.3, 0.4) is 0 Å². The third-order valence-electron chi connectivity index (χ3n) is 2.84. The van der Waals surface area contributed by atoms with E-state index in [1.165, 1.54) is 32.1 Å². The van der Waals surface area contributed by atoms with E-state index in [1.54, 1.807) is 0 Å². The summed E-state index contributed by atoms with van der Waals surface area (Å²) in [6, 6.07) is 0. The van der Waals surface area contributed by atoms with Crippen LogP contribution in [0.2, 0.25) is 0 Å². The predicted molar refractivity (Wildman–Crippen MR) is 62.5 cm³/mol. The van der Waals surface area contributed by atoms with Crippen LogP contribution < -0.4 is 0 Å². The number of likely N-dealkylation sites (N-methyl/N-ethyl adjacent to an activating group) is 1. The van der Waals surface area contributed by atoms with Gasteiger partial charge in [-0.3, -0.25) is 0 Å². The van der Waals surface area contributed by atoms with Gasteiger partial charge in [0.1, 0.15) is 0 Å². The van der Waals surface area contributed by atoms with Crippen LogP contribution in [-0.4, -0.2) is 36.8 Å². The zero-order chi connectivity index (χ0) is 10.8. The van der Waals surface area contributed by atoms with E-state index in [1.807, 2.05) is 0 Å². The highest BCUT2D eigenvalue weighted by atomic mass is 16.3. The smallest absolute Gasteiger partial charge is 0.0558 e. The maximum atomic E-state index is 8.79. The molecule has 14 heavy (non-hydrogen) atoms. The minimum absolute atomic E-state index is 0.280. The summed E-state index contributed by atoms with van der Waals surface area (Å²) in [6.45, 7) is 6.75. The zero-order valence-corrected chi connectivity index (χ0v) is 10.1. The van der Waals surface area contributed by atoms with Crippen molar-refractivity contribution in [3.05, 3.63) is 0 Å². The van der Waals surface area contributed by atoms with Gasteiger partial charge in [0.15, 0.2) is 0 Å². The molecule has 0 saturated heterocycles. The summed E-state index contributed by atoms with van der Waals surface area (Å²) in [7, 11) is 2.10. The average Bonchev–Trinajstić information content (AvgIpc) is 2.17. The van der Waals surface area contributed by atoms with Gasteiger partial charge in [-0.25, -0.2) is 0 Å². The second kappa shape index (κ2) is 9.47. The van der Waals surface area contributed by atoms with E-state index in [0.29, 0.717) is 0 Å². The van der Waals surface area contributed by atoms with Gasteiger partial charge >= 0.3 is 0 Å². The van der Waals surface area contributed by atoms with Crippen LogP contribution in [-0.2, 0) is 0 Å². The van der Waals surface area contributed by atoms with E-state index >= 15 is 0 Å². The number of unbranched alkanes of at least 4 members (excludes halogenated alkanes) is 2. The normalized spacial score (nSPS) is 13.5. The predicted octanol–water partition coefficient (Wildman–Crippen LogP) is 2.52. The van der Waals surface area contributed by atoms with Crippen molar-refractivity contribution in [2.24, 2.45) is 5.92 Å². The Morgan fingerprint density at radius 2 is 1.93 bits per heavy atom. The van der Waals surface area contributed by atoms with Crippen molar-refractivity contribution in [2.45, 2.75) is 46.0 Å². The minimum atomic E-state index is 0.280. The maximum absolute atomic E-state index is 8.79. The molecule has 0 heterocycles. The van der Waals surface area contributed by atoms with E-state index < -0.39 is 0 Å². The van der Waals surface area contributed by atoms with Gasteiger partial charge in [-0.15, -0.1) is 0 Å². The molecule has 86 valence electrons. The number of nitrogens with zero attached hydrogens (tertiary/aromatic N) is 1. The lowest BCUT2D eigenvalue weighted by Gasteiger charge is -2.22. The first-order valence-electron chi connectivity index (χ1n) is 6.03. The van der Waals surface area contributed by atoms with Crippen molar-refractivity contribution in [1.82, 2.24) is 4.90 Å². The number of hydrogen-bond acceptors (Lipinski definition) is 2. The van der Waals surface area contributed by atoms with Crippen LogP contribution in [0.15, 0.2) is 0 Å². The standard InChI is InChI=1S/C12H27NO/c1-4-6-7-8-12(5-2)11-13(3)9-10-14/h12,14H,4-11H2,1-3H3. The van der Waals surface area contributed by atoms with E-state index in [9.17, 15) is 0 Å². The molecule has 0 bridgehead atoms. The molecule has 0 saturated carbocycles. The van der Waals surface area contributed by atoms with Crippen LogP contribution in [0.5, 0.6) is 0 Å². The van der Waals surface area contributed by atoms with Crippen molar-refractivity contribution in [1.29, 1.82) is 0 Å². The van der Waals surface area contributed by atoms with Gasteiger partial charge in [-0.1, -0.05) is 39.5 Å². The molecule has 0 aromatic carbocycles. The molecule has 0 aromatic rings. The van der Waals surface area contributed by atoms with E-state index in [0.717, 1.165) is 19.0 Å². The van der Waals surface area contributed by atoms with Crippen molar-refractivity contribution >= 4 is 0 Å². The molecule has 0 aliphatic rings. The van der Waals surface area contributed by atoms with Gasteiger partial charge in [0.25, 0.3) is 0 Å². The zero-order valence-electron chi connectivity index (χ0n) is 10.1. The SMILES string of the molecule is CCCCCC(CC)CN(C)CCO. The molecule has 1 unspecified atom stereocenters. The van der Waals surface area contributed by atoms with Gasteiger partial charge < -0.3 is 10.0 Å². The summed E-state index contributed by atoms with van der Waals surface area (Å²) in [5, 5.41) is 8.79. The summed E-state index contributed by atoms with van der Waals surface area (Å²) in [5.41, 5.74) is 0. The highest BCUT2D eigenvalue weighted by Gasteiger charge is 2.08. The monoisotopic (exact) mass is 201 g/mol. The highest BCUT2D eigenvalue weighted by molar-refractivity contribution is 4.62. The third kappa shape index (κ3) is 7.34. The van der Waals surface area contributed by atoms with Crippen LogP contribution in [0, 0.1) is 5.92 Å². The molecular weight excluding hydrogens is 174 g/mol. The van der Waals surface area contributed by atoms with Gasteiger partial charge in [-0.05, 0) is 19.4 Å². The molecule has 0 fully saturated rings. The second-order valence-electron chi connectivity index (χ2n) is 4.26. The lowest BCUT2D eigenvalue weighted by molar-refractivity contribution is 0.196. The Morgan fingerprint density at radius 3 is 2.43 bits per heavy atom. The first-order valence-corrected chi connectivity index (χ1v) is 6.03. The Hall–Kier alpha value is -0.0800. The molecule has 1 N–H and O–H groups in total. The summed E-state index contributed by atoms with van der Waals surface area (Å²) in [6.07, 6.45) is 6.64. The van der Waals surface area contributed by atoms with E-state index in [4.69, 9.17) is 5.11 Å². The average molecular weight is 201 g/mol. The third-order valence-corrected chi connectivity index (χ3v) is 2.84. The summed E-state index contributed by atoms with van der Waals surface area (Å²) in [5.74, 6) is 0.818. The number of aliphatic hydroxyl groups is 1. The lowest BCUT2D eigenvalue weighted by atomic mass is 9.98. The molecule has 0 spiro atoms.